The summed E-state index contributed by atoms with van der Waals surface area (Å²) in [6, 6.07) is 0.503. The van der Waals surface area contributed by atoms with Crippen LogP contribution in [0.2, 0.25) is 0 Å². The van der Waals surface area contributed by atoms with Crippen LogP contribution >= 0.6 is 0 Å². The maximum absolute atomic E-state index is 12.1. The van der Waals surface area contributed by atoms with Gasteiger partial charge in [0.1, 0.15) is 6.61 Å². The number of piperidine rings is 2. The second-order valence-electron chi connectivity index (χ2n) is 8.45. The Hall–Kier alpha value is -1.34. The molecule has 0 aromatic heterocycles. The van der Waals surface area contributed by atoms with E-state index in [9.17, 15) is 9.59 Å². The van der Waals surface area contributed by atoms with E-state index in [1.165, 1.54) is 17.7 Å². The fourth-order valence-corrected chi connectivity index (χ4v) is 5.78. The number of nitrogens with zero attached hydrogens (tertiary/aromatic N) is 2. The number of amides is 2. The Kier molecular flexibility index (Phi) is 5.10. The number of morpholine rings is 1. The number of hydrogen-bond donors (Lipinski definition) is 2. The van der Waals surface area contributed by atoms with Crippen molar-refractivity contribution in [3.8, 4) is 0 Å². The number of rotatable bonds is 2. The highest BCUT2D eigenvalue weighted by Crippen LogP contribution is 2.43. The Bertz CT molecular complexity index is 541. The van der Waals surface area contributed by atoms with Crippen molar-refractivity contribution in [1.29, 1.82) is 0 Å². The molecule has 0 aromatic rings. The number of likely N-dealkylation sites (tertiary alicyclic amines) is 2. The second-order valence-corrected chi connectivity index (χ2v) is 8.45. The molecule has 0 spiro atoms. The number of carbonyl (C=O) groups excluding carboxylic acids is 1. The van der Waals surface area contributed by atoms with Gasteiger partial charge in [-0.15, -0.1) is 0 Å². The normalized spacial score (nSPS) is 35.0. The van der Waals surface area contributed by atoms with Crippen molar-refractivity contribution in [3.05, 3.63) is 0 Å². The molecular weight excluding hydrogens is 334 g/mol. The molecule has 7 nitrogen and oxygen atoms in total. The van der Waals surface area contributed by atoms with Crippen molar-refractivity contribution in [1.82, 2.24) is 15.1 Å². The zero-order valence-electron chi connectivity index (χ0n) is 15.5. The van der Waals surface area contributed by atoms with Gasteiger partial charge in [0.25, 0.3) is 0 Å². The smallest absolute Gasteiger partial charge is 0.407 e. The van der Waals surface area contributed by atoms with Crippen LogP contribution in [0.15, 0.2) is 0 Å². The average Bonchev–Trinajstić information content (AvgIpc) is 2.68. The molecule has 0 bridgehead atoms. The molecule has 2 N–H and O–H groups in total. The van der Waals surface area contributed by atoms with Gasteiger partial charge in [0.05, 0.1) is 11.6 Å². The molecule has 2 atom stereocenters. The van der Waals surface area contributed by atoms with Crippen molar-refractivity contribution < 1.29 is 19.4 Å². The predicted molar refractivity (Wildman–Crippen MR) is 96.0 cm³/mol. The summed E-state index contributed by atoms with van der Waals surface area (Å²) in [5.74, 6) is 0.541. The third kappa shape index (κ3) is 3.31. The largest absolute Gasteiger partial charge is 0.465 e. The molecule has 3 saturated heterocycles. The summed E-state index contributed by atoms with van der Waals surface area (Å²) in [5.41, 5.74) is -0.146. The van der Waals surface area contributed by atoms with Gasteiger partial charge in [0.15, 0.2) is 0 Å². The quantitative estimate of drug-likeness (QED) is 0.778. The number of nitrogens with one attached hydrogen (secondary N) is 1. The van der Waals surface area contributed by atoms with E-state index in [1.807, 2.05) is 0 Å². The van der Waals surface area contributed by atoms with Crippen molar-refractivity contribution in [2.75, 3.05) is 32.8 Å². The highest BCUT2D eigenvalue weighted by atomic mass is 16.5. The fourth-order valence-electron chi connectivity index (χ4n) is 5.78. The molecule has 4 aliphatic rings. The zero-order valence-corrected chi connectivity index (χ0v) is 15.5. The van der Waals surface area contributed by atoms with Gasteiger partial charge < -0.3 is 25.0 Å². The molecule has 1 saturated carbocycles. The van der Waals surface area contributed by atoms with Crippen LogP contribution < -0.4 is 5.32 Å². The van der Waals surface area contributed by atoms with Crippen LogP contribution in [0.4, 0.5) is 4.79 Å². The monoisotopic (exact) mass is 365 g/mol. The van der Waals surface area contributed by atoms with Crippen LogP contribution in [0.25, 0.3) is 0 Å². The lowest BCUT2D eigenvalue weighted by atomic mass is 9.66. The van der Waals surface area contributed by atoms with Gasteiger partial charge in [-0.3, -0.25) is 4.79 Å². The van der Waals surface area contributed by atoms with Crippen LogP contribution in [-0.2, 0) is 9.53 Å². The number of ether oxygens (including phenoxy) is 1. The highest BCUT2D eigenvalue weighted by Gasteiger charge is 2.51. The van der Waals surface area contributed by atoms with E-state index in [1.54, 1.807) is 0 Å². The first kappa shape index (κ1) is 18.0. The first-order valence-corrected chi connectivity index (χ1v) is 10.2. The van der Waals surface area contributed by atoms with Crippen LogP contribution in [0.3, 0.4) is 0 Å². The summed E-state index contributed by atoms with van der Waals surface area (Å²) < 4.78 is 5.94. The lowest BCUT2D eigenvalue weighted by Crippen LogP contribution is -2.68. The van der Waals surface area contributed by atoms with E-state index in [2.05, 4.69) is 10.2 Å². The van der Waals surface area contributed by atoms with E-state index in [0.29, 0.717) is 25.0 Å². The molecule has 0 aromatic carbocycles. The Morgan fingerprint density at radius 1 is 1.08 bits per heavy atom. The minimum Gasteiger partial charge on any atom is -0.465 e. The minimum absolute atomic E-state index is 0.0478. The Labute approximate surface area is 155 Å². The molecule has 0 radical (unpaired) electrons. The molecule has 26 heavy (non-hydrogen) atoms. The maximum Gasteiger partial charge on any atom is 0.407 e. The van der Waals surface area contributed by atoms with E-state index in [0.717, 1.165) is 51.6 Å². The third-order valence-electron chi connectivity index (χ3n) is 7.18. The van der Waals surface area contributed by atoms with Gasteiger partial charge in [-0.05, 0) is 57.5 Å². The first-order valence-electron chi connectivity index (χ1n) is 10.2. The molecule has 146 valence electrons. The highest BCUT2D eigenvalue weighted by molar-refractivity contribution is 5.79. The molecule has 2 unspecified atom stereocenters. The molecule has 4 rings (SSSR count). The number of fused-ring (bicyclic) bond motifs is 1. The van der Waals surface area contributed by atoms with E-state index >= 15 is 0 Å². The summed E-state index contributed by atoms with van der Waals surface area (Å²) >= 11 is 0. The standard InChI is InChI=1S/C19H31N3O4/c23-17-13-26-16-3-1-2-8-19(16,20-17)14-4-9-21(10-5-14)15-6-11-22(12-7-15)18(24)25/h14-16H,1-13H2,(H,20,23)(H,24,25). The van der Waals surface area contributed by atoms with Crippen molar-refractivity contribution in [2.24, 2.45) is 5.92 Å². The number of carbonyl (C=O) groups is 2. The summed E-state index contributed by atoms with van der Waals surface area (Å²) in [5, 5.41) is 12.5. The van der Waals surface area contributed by atoms with Crippen molar-refractivity contribution in [3.63, 3.8) is 0 Å². The van der Waals surface area contributed by atoms with Gasteiger partial charge in [-0.25, -0.2) is 4.79 Å². The summed E-state index contributed by atoms with van der Waals surface area (Å²) in [6.45, 7) is 3.61. The van der Waals surface area contributed by atoms with Gasteiger partial charge in [-0.1, -0.05) is 12.8 Å². The number of hydrogen-bond acceptors (Lipinski definition) is 4. The Morgan fingerprint density at radius 3 is 2.50 bits per heavy atom. The predicted octanol–water partition coefficient (Wildman–Crippen LogP) is 1.67. The summed E-state index contributed by atoms with van der Waals surface area (Å²) in [7, 11) is 0. The minimum atomic E-state index is -0.794. The number of carboxylic acid groups (broad SMARTS) is 1. The van der Waals surface area contributed by atoms with Gasteiger partial charge in [0, 0.05) is 19.1 Å². The molecular formula is C19H31N3O4. The van der Waals surface area contributed by atoms with E-state index in [4.69, 9.17) is 9.84 Å². The molecule has 4 fully saturated rings. The van der Waals surface area contributed by atoms with Crippen LogP contribution in [0, 0.1) is 5.92 Å². The fraction of sp³-hybridized carbons (Fsp3) is 0.895. The first-order chi connectivity index (χ1) is 12.6. The average molecular weight is 365 g/mol. The van der Waals surface area contributed by atoms with E-state index < -0.39 is 6.09 Å². The van der Waals surface area contributed by atoms with Gasteiger partial charge >= 0.3 is 6.09 Å². The molecule has 3 heterocycles. The van der Waals surface area contributed by atoms with Crippen molar-refractivity contribution in [2.45, 2.75) is 69.1 Å². The Balaban J connectivity index is 1.36. The zero-order chi connectivity index (χ0) is 18.1. The molecule has 3 aliphatic heterocycles. The van der Waals surface area contributed by atoms with Crippen LogP contribution in [0.1, 0.15) is 51.4 Å². The summed E-state index contributed by atoms with van der Waals surface area (Å²) in [6.07, 6.45) is 7.94. The lowest BCUT2D eigenvalue weighted by Gasteiger charge is -2.54. The Morgan fingerprint density at radius 2 is 1.81 bits per heavy atom. The lowest BCUT2D eigenvalue weighted by molar-refractivity contribution is -0.155. The van der Waals surface area contributed by atoms with Crippen LogP contribution in [-0.4, -0.2) is 77.4 Å². The van der Waals surface area contributed by atoms with E-state index in [-0.39, 0.29) is 24.2 Å². The molecule has 2 amide bonds. The van der Waals surface area contributed by atoms with Gasteiger partial charge in [-0.2, -0.15) is 0 Å². The van der Waals surface area contributed by atoms with Crippen LogP contribution in [0.5, 0.6) is 0 Å². The SMILES string of the molecule is O=C1COC2CCCCC2(C2CCN(C3CCN(C(=O)O)CC3)CC2)N1. The molecule has 7 heteroatoms. The van der Waals surface area contributed by atoms with Crippen molar-refractivity contribution >= 4 is 12.0 Å². The second kappa shape index (κ2) is 7.35. The maximum atomic E-state index is 12.1. The topological polar surface area (TPSA) is 82.1 Å². The summed E-state index contributed by atoms with van der Waals surface area (Å²) in [4.78, 5) is 27.2. The third-order valence-corrected chi connectivity index (χ3v) is 7.18. The molecule has 1 aliphatic carbocycles. The van der Waals surface area contributed by atoms with Gasteiger partial charge in [0.2, 0.25) is 5.91 Å².